The molecule has 0 aliphatic carbocycles. The molecule has 0 radical (unpaired) electrons. The number of hydrazone groups is 1. The van der Waals surface area contributed by atoms with E-state index in [0.29, 0.717) is 28.5 Å². The van der Waals surface area contributed by atoms with Crippen molar-refractivity contribution in [1.82, 2.24) is 5.43 Å². The van der Waals surface area contributed by atoms with Gasteiger partial charge in [-0.15, -0.1) is 0 Å². The lowest BCUT2D eigenvalue weighted by Gasteiger charge is -2.33. The Bertz CT molecular complexity index is 973. The molecule has 1 saturated heterocycles. The first-order valence-corrected chi connectivity index (χ1v) is 10.7. The van der Waals surface area contributed by atoms with Gasteiger partial charge in [-0.1, -0.05) is 18.2 Å². The van der Waals surface area contributed by atoms with Gasteiger partial charge >= 0.3 is 0 Å². The molecule has 2 aromatic carbocycles. The van der Waals surface area contributed by atoms with Gasteiger partial charge in [-0.3, -0.25) is 4.79 Å². The Balaban J connectivity index is 1.37. The van der Waals surface area contributed by atoms with Gasteiger partial charge in [0.2, 0.25) is 6.10 Å². The molecule has 164 valence electrons. The third kappa shape index (κ3) is 4.80. The molecule has 31 heavy (non-hydrogen) atoms. The van der Waals surface area contributed by atoms with Crippen molar-refractivity contribution in [3.8, 4) is 11.5 Å². The van der Waals surface area contributed by atoms with Crippen LogP contribution in [0.25, 0.3) is 0 Å². The van der Waals surface area contributed by atoms with Crippen LogP contribution in [0.5, 0.6) is 11.5 Å². The van der Waals surface area contributed by atoms with E-state index in [1.807, 2.05) is 18.2 Å². The molecule has 1 atom stereocenters. The maximum absolute atomic E-state index is 14.8. The van der Waals surface area contributed by atoms with Crippen molar-refractivity contribution in [2.75, 3.05) is 44.2 Å². The van der Waals surface area contributed by atoms with Gasteiger partial charge < -0.3 is 19.3 Å². The van der Waals surface area contributed by atoms with E-state index in [1.165, 1.54) is 6.07 Å². The molecule has 7 nitrogen and oxygen atoms in total. The molecule has 0 unspecified atom stereocenters. The van der Waals surface area contributed by atoms with E-state index >= 15 is 0 Å². The number of carbonyl (C=O) groups is 1. The topological polar surface area (TPSA) is 67.6 Å². The molecule has 0 saturated carbocycles. The number of nitrogens with zero attached hydrogens (tertiary/aromatic N) is 2. The summed E-state index contributed by atoms with van der Waals surface area (Å²) in [6, 6.07) is 12.3. The van der Waals surface area contributed by atoms with Crippen LogP contribution < -0.4 is 24.7 Å². The van der Waals surface area contributed by atoms with E-state index in [9.17, 15) is 9.18 Å². The average molecular weight is 428 g/mol. The van der Waals surface area contributed by atoms with Gasteiger partial charge in [0.25, 0.3) is 5.91 Å². The average Bonchev–Trinajstić information content (AvgIpc) is 2.82. The second-order valence-electron chi connectivity index (χ2n) is 7.79. The van der Waals surface area contributed by atoms with Crippen molar-refractivity contribution in [2.45, 2.75) is 20.0 Å². The Morgan fingerprint density at radius 2 is 1.97 bits per heavy atom. The zero-order valence-corrected chi connectivity index (χ0v) is 17.9. The zero-order chi connectivity index (χ0) is 21.8. The lowest BCUT2D eigenvalue weighted by atomic mass is 10.1. The van der Waals surface area contributed by atoms with E-state index in [4.69, 9.17) is 9.47 Å². The number of fused-ring (bicyclic) bond motifs is 1. The molecule has 2 aromatic rings. The second kappa shape index (κ2) is 9.34. The molecule has 0 bridgehead atoms. The van der Waals surface area contributed by atoms with Crippen LogP contribution in [-0.2, 0) is 4.79 Å². The van der Waals surface area contributed by atoms with Crippen LogP contribution in [0, 0.1) is 5.82 Å². The summed E-state index contributed by atoms with van der Waals surface area (Å²) < 4.78 is 26.0. The largest absolute Gasteiger partial charge is 0.485 e. The van der Waals surface area contributed by atoms with E-state index < -0.39 is 12.0 Å². The molecule has 2 heterocycles. The Hall–Kier alpha value is -3.13. The van der Waals surface area contributed by atoms with Gasteiger partial charge in [0, 0.05) is 5.56 Å². The lowest BCUT2D eigenvalue weighted by molar-refractivity contribution is -0.898. The number of likely N-dealkylation sites (N-methyl/N-ethyl adjacent to an activating group) is 1. The standard InChI is InChI=1S/C23H27FN4O3/c1-3-27-10-12-28(13-11-27)19-9-8-17(14-18(19)24)16(2)25-26-23(29)22-15-30-20-6-4-5-7-21(20)31-22/h4-9,14,22H,3,10-13,15H2,1-2H3,(H,26,29)/p+1/b25-16-/t22-/m0/s1. The van der Waals surface area contributed by atoms with Crippen molar-refractivity contribution < 1.29 is 23.6 Å². The number of halogens is 1. The Kier molecular flexibility index (Phi) is 6.36. The summed E-state index contributed by atoms with van der Waals surface area (Å²) in [6.45, 7) is 8.82. The highest BCUT2D eigenvalue weighted by Gasteiger charge is 2.27. The van der Waals surface area contributed by atoms with Gasteiger partial charge in [-0.05, 0) is 38.1 Å². The van der Waals surface area contributed by atoms with Crippen LogP contribution in [0.2, 0.25) is 0 Å². The lowest BCUT2D eigenvalue weighted by Crippen LogP contribution is -3.14. The summed E-state index contributed by atoms with van der Waals surface area (Å²) in [4.78, 5) is 16.0. The molecule has 8 heteroatoms. The van der Waals surface area contributed by atoms with E-state index in [-0.39, 0.29) is 12.4 Å². The summed E-state index contributed by atoms with van der Waals surface area (Å²) in [6.07, 6.45) is -0.797. The van der Waals surface area contributed by atoms with Gasteiger partial charge in [-0.2, -0.15) is 5.10 Å². The first kappa shape index (κ1) is 21.1. The Labute approximate surface area is 181 Å². The maximum atomic E-state index is 14.8. The molecule has 2 N–H and O–H groups in total. The van der Waals surface area contributed by atoms with Crippen molar-refractivity contribution in [3.05, 3.63) is 53.8 Å². The minimum atomic E-state index is -0.797. The van der Waals surface area contributed by atoms with Crippen LogP contribution in [0.1, 0.15) is 19.4 Å². The molecule has 4 rings (SSSR count). The number of quaternary nitrogens is 1. The van der Waals surface area contributed by atoms with Gasteiger partial charge in [0.05, 0.1) is 44.1 Å². The summed E-state index contributed by atoms with van der Waals surface area (Å²) in [5.41, 5.74) is 4.24. The van der Waals surface area contributed by atoms with Crippen molar-refractivity contribution in [2.24, 2.45) is 5.10 Å². The molecular weight excluding hydrogens is 399 g/mol. The van der Waals surface area contributed by atoms with E-state index in [2.05, 4.69) is 22.4 Å². The van der Waals surface area contributed by atoms with Crippen LogP contribution >= 0.6 is 0 Å². The zero-order valence-electron chi connectivity index (χ0n) is 17.9. The normalized spacial score (nSPS) is 19.3. The number of hydrogen-bond acceptors (Lipinski definition) is 5. The Morgan fingerprint density at radius 1 is 1.23 bits per heavy atom. The maximum Gasteiger partial charge on any atom is 0.284 e. The van der Waals surface area contributed by atoms with Crippen LogP contribution in [-0.4, -0.2) is 57.1 Å². The monoisotopic (exact) mass is 427 g/mol. The number of anilines is 1. The molecule has 0 aromatic heterocycles. The molecular formula is C23H28FN4O3+. The summed E-state index contributed by atoms with van der Waals surface area (Å²) in [5, 5.41) is 4.13. The summed E-state index contributed by atoms with van der Waals surface area (Å²) in [5.74, 6) is 0.439. The number of para-hydroxylation sites is 2. The van der Waals surface area contributed by atoms with Gasteiger partial charge in [0.1, 0.15) is 12.4 Å². The number of carbonyl (C=O) groups excluding carboxylic acids is 1. The molecule has 2 aliphatic rings. The molecule has 1 amide bonds. The highest BCUT2D eigenvalue weighted by atomic mass is 19.1. The highest BCUT2D eigenvalue weighted by molar-refractivity contribution is 5.99. The predicted octanol–water partition coefficient (Wildman–Crippen LogP) is 1.23. The number of benzene rings is 2. The van der Waals surface area contributed by atoms with Gasteiger partial charge in [-0.25, -0.2) is 9.82 Å². The number of amides is 1. The molecule has 0 spiro atoms. The fraction of sp³-hybridized carbons (Fsp3) is 0.391. The third-order valence-electron chi connectivity index (χ3n) is 5.81. The highest BCUT2D eigenvalue weighted by Crippen LogP contribution is 2.30. The first-order valence-electron chi connectivity index (χ1n) is 10.7. The first-order chi connectivity index (χ1) is 15.0. The van der Waals surface area contributed by atoms with Crippen molar-refractivity contribution in [1.29, 1.82) is 0 Å². The minimum absolute atomic E-state index is 0.105. The third-order valence-corrected chi connectivity index (χ3v) is 5.81. The summed E-state index contributed by atoms with van der Waals surface area (Å²) in [7, 11) is 0. The minimum Gasteiger partial charge on any atom is -0.485 e. The quantitative estimate of drug-likeness (QED) is 0.557. The number of nitrogens with one attached hydrogen (secondary N) is 2. The number of piperazine rings is 1. The predicted molar refractivity (Wildman–Crippen MR) is 117 cm³/mol. The number of rotatable bonds is 5. The fourth-order valence-corrected chi connectivity index (χ4v) is 3.83. The van der Waals surface area contributed by atoms with E-state index in [1.54, 1.807) is 30.0 Å². The number of hydrogen-bond donors (Lipinski definition) is 2. The fourth-order valence-electron chi connectivity index (χ4n) is 3.83. The SMILES string of the molecule is CC[NH+]1CCN(c2ccc(/C(C)=N\NC(=O)[C@@H]3COc4ccccc4O3)cc2F)CC1. The van der Waals surface area contributed by atoms with Gasteiger partial charge in [0.15, 0.2) is 11.5 Å². The molecule has 2 aliphatic heterocycles. The Morgan fingerprint density at radius 3 is 2.68 bits per heavy atom. The smallest absolute Gasteiger partial charge is 0.284 e. The van der Waals surface area contributed by atoms with Crippen molar-refractivity contribution in [3.63, 3.8) is 0 Å². The van der Waals surface area contributed by atoms with E-state index in [0.717, 1.165) is 32.7 Å². The summed E-state index contributed by atoms with van der Waals surface area (Å²) >= 11 is 0. The van der Waals surface area contributed by atoms with Crippen molar-refractivity contribution >= 4 is 17.3 Å². The van der Waals surface area contributed by atoms with Crippen LogP contribution in [0.4, 0.5) is 10.1 Å². The molecule has 1 fully saturated rings. The second-order valence-corrected chi connectivity index (χ2v) is 7.79. The number of ether oxygens (including phenoxy) is 2. The van der Waals surface area contributed by atoms with Crippen LogP contribution in [0.15, 0.2) is 47.6 Å². The van der Waals surface area contributed by atoms with Crippen LogP contribution in [0.3, 0.4) is 0 Å².